The highest BCUT2D eigenvalue weighted by molar-refractivity contribution is 5.65. The summed E-state index contributed by atoms with van der Waals surface area (Å²) in [5.74, 6) is -2.07. The third-order valence-electron chi connectivity index (χ3n) is 5.91. The van der Waals surface area contributed by atoms with E-state index >= 15 is 0 Å². The van der Waals surface area contributed by atoms with E-state index in [-0.39, 0.29) is 42.2 Å². The Morgan fingerprint density at radius 1 is 1.03 bits per heavy atom. The second kappa shape index (κ2) is 10.1. The topological polar surface area (TPSA) is 71.8 Å². The van der Waals surface area contributed by atoms with Crippen molar-refractivity contribution in [3.63, 3.8) is 0 Å². The normalized spacial score (nSPS) is 18.9. The molecular weight excluding hydrogens is 465 g/mol. The highest BCUT2D eigenvalue weighted by Gasteiger charge is 2.27. The summed E-state index contributed by atoms with van der Waals surface area (Å²) in [6, 6.07) is 8.42. The predicted molar refractivity (Wildman–Crippen MR) is 119 cm³/mol. The van der Waals surface area contributed by atoms with Crippen molar-refractivity contribution >= 4 is 0 Å². The fraction of sp³-hybridized carbons (Fsp3) is 0.360. The largest absolute Gasteiger partial charge is 0.487 e. The molecule has 2 unspecified atom stereocenters. The Labute approximate surface area is 199 Å². The monoisotopic (exact) mass is 488 g/mol. The molecule has 2 atom stereocenters. The molecule has 35 heavy (non-hydrogen) atoms. The first-order valence-electron chi connectivity index (χ1n) is 11.3. The fourth-order valence-electron chi connectivity index (χ4n) is 4.17. The van der Waals surface area contributed by atoms with E-state index in [0.717, 1.165) is 43.7 Å². The molecule has 0 N–H and O–H groups in total. The fourth-order valence-corrected chi connectivity index (χ4v) is 4.17. The number of rotatable bonds is 8. The van der Waals surface area contributed by atoms with Crippen LogP contribution in [-0.4, -0.2) is 41.6 Å². The molecule has 1 aromatic heterocycles. The maximum absolute atomic E-state index is 14.6. The van der Waals surface area contributed by atoms with E-state index in [2.05, 4.69) is 4.98 Å². The standard InChI is InChI=1S/C25H23F3N2O5/c26-16-4-5-21(27)20(9-16)15-3-6-23(22(28)8-15)34-14-19-11-30-17(10-24(31)29-25(30)35-19)12-32-13-18-2-1-7-33-18/h3-6,8-10,18-19H,1-2,7,11-14H2. The van der Waals surface area contributed by atoms with Crippen LogP contribution >= 0.6 is 0 Å². The number of benzene rings is 2. The third kappa shape index (κ3) is 5.33. The molecule has 0 amide bonds. The Hall–Kier alpha value is -3.37. The van der Waals surface area contributed by atoms with Crippen molar-refractivity contribution in [2.75, 3.05) is 19.8 Å². The van der Waals surface area contributed by atoms with Gasteiger partial charge in [0, 0.05) is 18.2 Å². The smallest absolute Gasteiger partial charge is 0.300 e. The lowest BCUT2D eigenvalue weighted by Gasteiger charge is -2.13. The maximum atomic E-state index is 14.6. The molecule has 184 valence electrons. The van der Waals surface area contributed by atoms with Crippen LogP contribution in [0.25, 0.3) is 11.1 Å². The minimum absolute atomic E-state index is 0.0155. The van der Waals surface area contributed by atoms with Crippen LogP contribution in [0.15, 0.2) is 47.3 Å². The first kappa shape index (κ1) is 23.4. The molecule has 0 bridgehead atoms. The maximum Gasteiger partial charge on any atom is 0.300 e. The van der Waals surface area contributed by atoms with Gasteiger partial charge in [0.05, 0.1) is 31.6 Å². The number of hydrogen-bond donors (Lipinski definition) is 0. The zero-order chi connectivity index (χ0) is 24.4. The molecule has 10 heteroatoms. The average Bonchev–Trinajstić information content (AvgIpc) is 3.49. The lowest BCUT2D eigenvalue weighted by molar-refractivity contribution is 0.00873. The first-order valence-corrected chi connectivity index (χ1v) is 11.3. The van der Waals surface area contributed by atoms with Crippen molar-refractivity contribution in [3.05, 3.63) is 76.0 Å². The molecule has 0 radical (unpaired) electrons. The summed E-state index contributed by atoms with van der Waals surface area (Å²) in [5, 5.41) is 0. The summed E-state index contributed by atoms with van der Waals surface area (Å²) >= 11 is 0. The van der Waals surface area contributed by atoms with Gasteiger partial charge in [-0.3, -0.25) is 9.36 Å². The van der Waals surface area contributed by atoms with Crippen molar-refractivity contribution in [2.24, 2.45) is 0 Å². The van der Waals surface area contributed by atoms with E-state index in [1.807, 2.05) is 0 Å². The molecule has 0 spiro atoms. The van der Waals surface area contributed by atoms with Crippen LogP contribution in [0.5, 0.6) is 11.8 Å². The first-order chi connectivity index (χ1) is 17.0. The van der Waals surface area contributed by atoms with Crippen molar-refractivity contribution < 1.29 is 32.1 Å². The predicted octanol–water partition coefficient (Wildman–Crippen LogP) is 3.86. The van der Waals surface area contributed by atoms with Crippen molar-refractivity contribution in [1.29, 1.82) is 0 Å². The van der Waals surface area contributed by atoms with Crippen LogP contribution in [0.2, 0.25) is 0 Å². The number of fused-ring (bicyclic) bond motifs is 1. The van der Waals surface area contributed by atoms with E-state index in [1.54, 1.807) is 4.57 Å². The van der Waals surface area contributed by atoms with Crippen LogP contribution in [0.4, 0.5) is 13.2 Å². The summed E-state index contributed by atoms with van der Waals surface area (Å²) in [6.07, 6.45) is 1.52. The summed E-state index contributed by atoms with van der Waals surface area (Å²) in [4.78, 5) is 15.9. The zero-order valence-corrected chi connectivity index (χ0v) is 18.7. The van der Waals surface area contributed by atoms with Crippen molar-refractivity contribution in [3.8, 4) is 22.9 Å². The highest BCUT2D eigenvalue weighted by atomic mass is 19.1. The molecule has 0 aliphatic carbocycles. The minimum atomic E-state index is -0.725. The lowest BCUT2D eigenvalue weighted by Crippen LogP contribution is -2.24. The molecule has 2 aromatic carbocycles. The van der Waals surface area contributed by atoms with Gasteiger partial charge < -0.3 is 18.9 Å². The van der Waals surface area contributed by atoms with Gasteiger partial charge in [0.25, 0.3) is 5.56 Å². The van der Waals surface area contributed by atoms with Gasteiger partial charge in [0.15, 0.2) is 17.7 Å². The Kier molecular flexibility index (Phi) is 6.74. The second-order valence-corrected chi connectivity index (χ2v) is 8.45. The molecule has 5 rings (SSSR count). The molecule has 3 aromatic rings. The molecule has 1 fully saturated rings. The van der Waals surface area contributed by atoms with Crippen molar-refractivity contribution in [2.45, 2.75) is 38.2 Å². The quantitative estimate of drug-likeness (QED) is 0.480. The molecule has 1 saturated heterocycles. The second-order valence-electron chi connectivity index (χ2n) is 8.45. The van der Waals surface area contributed by atoms with E-state index in [1.165, 1.54) is 18.2 Å². The third-order valence-corrected chi connectivity index (χ3v) is 5.91. The van der Waals surface area contributed by atoms with Crippen LogP contribution in [0.1, 0.15) is 18.5 Å². The van der Waals surface area contributed by atoms with E-state index in [4.69, 9.17) is 18.9 Å². The van der Waals surface area contributed by atoms with Gasteiger partial charge in [0.2, 0.25) is 0 Å². The highest BCUT2D eigenvalue weighted by Crippen LogP contribution is 2.29. The average molecular weight is 488 g/mol. The summed E-state index contributed by atoms with van der Waals surface area (Å²) in [6.45, 7) is 1.70. The van der Waals surface area contributed by atoms with E-state index in [9.17, 15) is 18.0 Å². The SMILES string of the molecule is O=c1cc(COCC2CCCO2)n2c(n1)OC(COc1ccc(-c3cc(F)ccc3F)cc1F)C2. The number of halogens is 3. The van der Waals surface area contributed by atoms with Gasteiger partial charge >= 0.3 is 6.01 Å². The van der Waals surface area contributed by atoms with Gasteiger partial charge in [0.1, 0.15) is 18.2 Å². The number of nitrogens with zero attached hydrogens (tertiary/aromatic N) is 2. The molecule has 7 nitrogen and oxygen atoms in total. The van der Waals surface area contributed by atoms with Gasteiger partial charge in [-0.15, -0.1) is 0 Å². The van der Waals surface area contributed by atoms with Crippen LogP contribution in [0.3, 0.4) is 0 Å². The summed E-state index contributed by atoms with van der Waals surface area (Å²) in [5.41, 5.74) is 0.315. The molecule has 2 aliphatic heterocycles. The molecule has 2 aliphatic rings. The Morgan fingerprint density at radius 2 is 1.91 bits per heavy atom. The Morgan fingerprint density at radius 3 is 2.71 bits per heavy atom. The molecule has 0 saturated carbocycles. The zero-order valence-electron chi connectivity index (χ0n) is 18.7. The van der Waals surface area contributed by atoms with Crippen LogP contribution in [0, 0.1) is 17.5 Å². The Balaban J connectivity index is 1.21. The van der Waals surface area contributed by atoms with Crippen molar-refractivity contribution in [1.82, 2.24) is 9.55 Å². The van der Waals surface area contributed by atoms with Crippen LogP contribution in [-0.2, 0) is 22.6 Å². The van der Waals surface area contributed by atoms with E-state index < -0.39 is 29.1 Å². The lowest BCUT2D eigenvalue weighted by atomic mass is 10.0. The van der Waals surface area contributed by atoms with Gasteiger partial charge in [-0.25, -0.2) is 13.2 Å². The summed E-state index contributed by atoms with van der Waals surface area (Å²) < 4.78 is 66.4. The number of aromatic nitrogens is 2. The van der Waals surface area contributed by atoms with Gasteiger partial charge in [-0.1, -0.05) is 6.07 Å². The van der Waals surface area contributed by atoms with E-state index in [0.29, 0.717) is 18.8 Å². The minimum Gasteiger partial charge on any atom is -0.487 e. The number of hydrogen-bond acceptors (Lipinski definition) is 6. The molecular formula is C25H23F3N2O5. The molecule has 3 heterocycles. The van der Waals surface area contributed by atoms with Gasteiger partial charge in [-0.05, 0) is 48.7 Å². The van der Waals surface area contributed by atoms with Gasteiger partial charge in [-0.2, -0.15) is 4.98 Å². The number of ether oxygens (including phenoxy) is 4. The van der Waals surface area contributed by atoms with Crippen LogP contribution < -0.4 is 15.0 Å². The Bertz CT molecular complexity index is 1280. The summed E-state index contributed by atoms with van der Waals surface area (Å²) in [7, 11) is 0.